The Morgan fingerprint density at radius 1 is 1.47 bits per heavy atom. The molecular weight excluding hydrogens is 224 g/mol. The lowest BCUT2D eigenvalue weighted by molar-refractivity contribution is -0.384. The minimum Gasteiger partial charge on any atom is -0.469 e. The van der Waals surface area contributed by atoms with Crippen LogP contribution >= 0.6 is 0 Å². The summed E-state index contributed by atoms with van der Waals surface area (Å²) in [5.74, 6) is -0.362. The molecule has 0 heterocycles. The van der Waals surface area contributed by atoms with Gasteiger partial charge in [-0.2, -0.15) is 0 Å². The number of nitro groups is 1. The van der Waals surface area contributed by atoms with Gasteiger partial charge in [0.2, 0.25) is 0 Å². The van der Waals surface area contributed by atoms with Crippen LogP contribution in [0.25, 0.3) is 0 Å². The lowest BCUT2D eigenvalue weighted by Crippen LogP contribution is -2.26. The molecule has 0 saturated carbocycles. The zero-order valence-electron chi connectivity index (χ0n) is 9.46. The van der Waals surface area contributed by atoms with E-state index in [0.717, 1.165) is 5.56 Å². The molecule has 0 spiro atoms. The van der Waals surface area contributed by atoms with Gasteiger partial charge in [0.15, 0.2) is 0 Å². The summed E-state index contributed by atoms with van der Waals surface area (Å²) < 4.78 is 4.50. The molecule has 0 aliphatic heterocycles. The summed E-state index contributed by atoms with van der Waals surface area (Å²) in [4.78, 5) is 20.9. The Balaban J connectivity index is 2.57. The van der Waals surface area contributed by atoms with E-state index in [0.29, 0.717) is 6.42 Å². The number of nitrogens with two attached hydrogens (primary N) is 1. The van der Waals surface area contributed by atoms with Gasteiger partial charge in [0.1, 0.15) is 0 Å². The van der Waals surface area contributed by atoms with Crippen molar-refractivity contribution in [2.75, 3.05) is 7.11 Å². The molecule has 6 heteroatoms. The molecule has 0 aliphatic rings. The first-order chi connectivity index (χ1) is 8.02. The quantitative estimate of drug-likeness (QED) is 0.469. The van der Waals surface area contributed by atoms with Crippen LogP contribution in [-0.2, 0) is 16.0 Å². The van der Waals surface area contributed by atoms with Crippen LogP contribution in [0.2, 0.25) is 0 Å². The summed E-state index contributed by atoms with van der Waals surface area (Å²) in [7, 11) is 1.31. The Morgan fingerprint density at radius 2 is 2.06 bits per heavy atom. The minimum absolute atomic E-state index is 0.0373. The fourth-order valence-electron chi connectivity index (χ4n) is 1.43. The molecule has 0 radical (unpaired) electrons. The number of carbonyl (C=O) groups excluding carboxylic acids is 1. The van der Waals surface area contributed by atoms with Crippen molar-refractivity contribution in [2.45, 2.75) is 18.9 Å². The Bertz CT molecular complexity index is 402. The molecule has 1 aromatic carbocycles. The lowest BCUT2D eigenvalue weighted by Gasteiger charge is -2.09. The van der Waals surface area contributed by atoms with E-state index in [9.17, 15) is 14.9 Å². The Labute approximate surface area is 98.5 Å². The summed E-state index contributed by atoms with van der Waals surface area (Å²) in [5.41, 5.74) is 6.64. The average Bonchev–Trinajstić information content (AvgIpc) is 2.29. The third-order valence-corrected chi connectivity index (χ3v) is 2.30. The molecular formula is C11H14N2O4. The van der Waals surface area contributed by atoms with Crippen molar-refractivity contribution in [3.8, 4) is 0 Å². The van der Waals surface area contributed by atoms with Crippen LogP contribution < -0.4 is 5.73 Å². The van der Waals surface area contributed by atoms with Crippen molar-refractivity contribution in [1.82, 2.24) is 0 Å². The van der Waals surface area contributed by atoms with Gasteiger partial charge < -0.3 is 10.5 Å². The largest absolute Gasteiger partial charge is 0.469 e. The molecule has 0 fully saturated rings. The number of non-ortho nitro benzene ring substituents is 1. The van der Waals surface area contributed by atoms with Crippen LogP contribution in [-0.4, -0.2) is 24.0 Å². The Morgan fingerprint density at radius 3 is 2.53 bits per heavy atom. The van der Waals surface area contributed by atoms with Gasteiger partial charge in [-0.3, -0.25) is 14.9 Å². The number of esters is 1. The first kappa shape index (κ1) is 13.1. The zero-order valence-corrected chi connectivity index (χ0v) is 9.46. The number of hydrogen-bond acceptors (Lipinski definition) is 5. The molecule has 0 unspecified atom stereocenters. The van der Waals surface area contributed by atoms with Crippen molar-refractivity contribution in [3.05, 3.63) is 39.9 Å². The van der Waals surface area contributed by atoms with Crippen molar-refractivity contribution >= 4 is 11.7 Å². The Hall–Kier alpha value is -1.95. The van der Waals surface area contributed by atoms with E-state index in [1.54, 1.807) is 12.1 Å². The number of benzene rings is 1. The highest BCUT2D eigenvalue weighted by Gasteiger charge is 2.11. The predicted molar refractivity (Wildman–Crippen MR) is 61.4 cm³/mol. The maximum absolute atomic E-state index is 11.0. The molecule has 0 amide bonds. The average molecular weight is 238 g/mol. The van der Waals surface area contributed by atoms with Gasteiger partial charge in [0.05, 0.1) is 18.5 Å². The van der Waals surface area contributed by atoms with E-state index >= 15 is 0 Å². The summed E-state index contributed by atoms with van der Waals surface area (Å²) in [6, 6.07) is 5.76. The summed E-state index contributed by atoms with van der Waals surface area (Å²) >= 11 is 0. The van der Waals surface area contributed by atoms with Crippen LogP contribution in [0, 0.1) is 10.1 Å². The molecule has 6 nitrogen and oxygen atoms in total. The molecule has 0 bridgehead atoms. The third kappa shape index (κ3) is 4.20. The SMILES string of the molecule is COC(=O)C[C@@H](N)Cc1ccc([N+](=O)[O-])cc1. The number of carbonyl (C=O) groups is 1. The maximum atomic E-state index is 11.0. The number of nitro benzene ring substituents is 1. The number of rotatable bonds is 5. The maximum Gasteiger partial charge on any atom is 0.307 e. The standard InChI is InChI=1S/C11H14N2O4/c1-17-11(14)7-9(12)6-8-2-4-10(5-3-8)13(15)16/h2-5,9H,6-7,12H2,1H3/t9-/m0/s1. The van der Waals surface area contributed by atoms with Crippen molar-refractivity contribution in [2.24, 2.45) is 5.73 Å². The number of methoxy groups -OCH3 is 1. The van der Waals surface area contributed by atoms with Crippen LogP contribution in [0.1, 0.15) is 12.0 Å². The number of ether oxygens (including phenoxy) is 1. The number of nitrogens with zero attached hydrogens (tertiary/aromatic N) is 1. The Kier molecular flexibility index (Phi) is 4.59. The molecule has 0 aliphatic carbocycles. The highest BCUT2D eigenvalue weighted by molar-refractivity contribution is 5.69. The van der Waals surface area contributed by atoms with E-state index in [1.807, 2.05) is 0 Å². The van der Waals surface area contributed by atoms with E-state index in [2.05, 4.69) is 4.74 Å². The van der Waals surface area contributed by atoms with Crippen LogP contribution in [0.5, 0.6) is 0 Å². The molecule has 2 N–H and O–H groups in total. The fourth-order valence-corrected chi connectivity index (χ4v) is 1.43. The molecule has 1 rings (SSSR count). The molecule has 1 atom stereocenters. The smallest absolute Gasteiger partial charge is 0.307 e. The molecule has 92 valence electrons. The predicted octanol–water partition coefficient (Wildman–Crippen LogP) is 1.03. The first-order valence-electron chi connectivity index (χ1n) is 5.08. The molecule has 17 heavy (non-hydrogen) atoms. The van der Waals surface area contributed by atoms with E-state index in [4.69, 9.17) is 5.73 Å². The van der Waals surface area contributed by atoms with Gasteiger partial charge in [-0.25, -0.2) is 0 Å². The first-order valence-corrected chi connectivity index (χ1v) is 5.08. The van der Waals surface area contributed by atoms with Gasteiger partial charge in [-0.1, -0.05) is 12.1 Å². The van der Waals surface area contributed by atoms with E-state index in [-0.39, 0.29) is 24.1 Å². The molecule has 0 saturated heterocycles. The normalized spacial score (nSPS) is 11.9. The highest BCUT2D eigenvalue weighted by atomic mass is 16.6. The van der Waals surface area contributed by atoms with Gasteiger partial charge in [0.25, 0.3) is 5.69 Å². The van der Waals surface area contributed by atoms with Gasteiger partial charge >= 0.3 is 5.97 Å². The highest BCUT2D eigenvalue weighted by Crippen LogP contribution is 2.13. The lowest BCUT2D eigenvalue weighted by atomic mass is 10.0. The molecule has 1 aromatic rings. The van der Waals surface area contributed by atoms with Crippen molar-refractivity contribution in [1.29, 1.82) is 0 Å². The topological polar surface area (TPSA) is 95.5 Å². The summed E-state index contributed by atoms with van der Waals surface area (Å²) in [6.45, 7) is 0. The van der Waals surface area contributed by atoms with Crippen molar-refractivity contribution < 1.29 is 14.5 Å². The monoisotopic (exact) mass is 238 g/mol. The van der Waals surface area contributed by atoms with Gasteiger partial charge in [-0.15, -0.1) is 0 Å². The van der Waals surface area contributed by atoms with Gasteiger partial charge in [0, 0.05) is 18.2 Å². The number of hydrogen-bond donors (Lipinski definition) is 1. The second-order valence-corrected chi connectivity index (χ2v) is 3.67. The zero-order chi connectivity index (χ0) is 12.8. The minimum atomic E-state index is -0.460. The van der Waals surface area contributed by atoms with Crippen LogP contribution in [0.15, 0.2) is 24.3 Å². The molecule has 0 aromatic heterocycles. The van der Waals surface area contributed by atoms with Crippen molar-refractivity contribution in [3.63, 3.8) is 0 Å². The second-order valence-electron chi connectivity index (χ2n) is 3.67. The fraction of sp³-hybridized carbons (Fsp3) is 0.364. The van der Waals surface area contributed by atoms with Crippen LogP contribution in [0.4, 0.5) is 5.69 Å². The third-order valence-electron chi connectivity index (χ3n) is 2.30. The van der Waals surface area contributed by atoms with Gasteiger partial charge in [-0.05, 0) is 12.0 Å². The van der Waals surface area contributed by atoms with E-state index in [1.165, 1.54) is 19.2 Å². The second kappa shape index (κ2) is 5.95. The van der Waals surface area contributed by atoms with Crippen LogP contribution in [0.3, 0.4) is 0 Å². The summed E-state index contributed by atoms with van der Waals surface area (Å²) in [6.07, 6.45) is 0.612. The van der Waals surface area contributed by atoms with E-state index < -0.39 is 4.92 Å². The summed E-state index contributed by atoms with van der Waals surface area (Å²) in [5, 5.41) is 10.4.